The van der Waals surface area contributed by atoms with Crippen LogP contribution >= 0.6 is 15.9 Å². The molecule has 30 heavy (non-hydrogen) atoms. The van der Waals surface area contributed by atoms with Crippen molar-refractivity contribution in [2.45, 2.75) is 36.4 Å². The van der Waals surface area contributed by atoms with Crippen LogP contribution in [0.4, 0.5) is 0 Å². The Balaban J connectivity index is 1.72. The summed E-state index contributed by atoms with van der Waals surface area (Å²) in [6.45, 7) is 1.98. The summed E-state index contributed by atoms with van der Waals surface area (Å²) < 4.78 is 32.4. The summed E-state index contributed by atoms with van der Waals surface area (Å²) in [6, 6.07) is 15.0. The van der Waals surface area contributed by atoms with Crippen molar-refractivity contribution >= 4 is 37.6 Å². The molecule has 0 spiro atoms. The summed E-state index contributed by atoms with van der Waals surface area (Å²) in [5.41, 5.74) is -0.525. The number of esters is 1. The van der Waals surface area contributed by atoms with Crippen molar-refractivity contribution < 1.29 is 22.8 Å². The topological polar surface area (TPSA) is 85.3 Å². The third kappa shape index (κ3) is 3.72. The number of fused-ring (bicyclic) bond motifs is 1. The van der Waals surface area contributed by atoms with E-state index >= 15 is 0 Å². The average Bonchev–Trinajstić information content (AvgIpc) is 3.26. The fourth-order valence-corrected chi connectivity index (χ4v) is 5.86. The molecule has 9 heteroatoms. The van der Waals surface area contributed by atoms with Gasteiger partial charge in [0.2, 0.25) is 5.72 Å². The Bertz CT molecular complexity index is 1070. The van der Waals surface area contributed by atoms with Crippen LogP contribution in [0.25, 0.3) is 0 Å². The van der Waals surface area contributed by atoms with Crippen LogP contribution in [0, 0.1) is 0 Å². The first-order valence-corrected chi connectivity index (χ1v) is 12.1. The quantitative estimate of drug-likeness (QED) is 0.574. The fourth-order valence-electron chi connectivity index (χ4n) is 3.93. The molecular formula is C21H21BrN2O5S. The van der Waals surface area contributed by atoms with Crippen molar-refractivity contribution in [3.05, 3.63) is 64.6 Å². The summed E-state index contributed by atoms with van der Waals surface area (Å²) in [5.74, 6) is -0.295. The lowest BCUT2D eigenvalue weighted by Gasteiger charge is -2.33. The Kier molecular flexibility index (Phi) is 5.59. The first-order valence-electron chi connectivity index (χ1n) is 9.62. The molecule has 2 aromatic rings. The van der Waals surface area contributed by atoms with Crippen LogP contribution in [0.2, 0.25) is 0 Å². The zero-order chi connectivity index (χ0) is 21.4. The third-order valence-electron chi connectivity index (χ3n) is 5.27. The molecule has 0 saturated carbocycles. The smallest absolute Gasteiger partial charge is 0.328 e. The van der Waals surface area contributed by atoms with Gasteiger partial charge in [-0.3, -0.25) is 4.90 Å². The van der Waals surface area contributed by atoms with Gasteiger partial charge >= 0.3 is 5.97 Å². The zero-order valence-corrected chi connectivity index (χ0v) is 18.7. The van der Waals surface area contributed by atoms with Crippen molar-refractivity contribution in [2.24, 2.45) is 5.16 Å². The van der Waals surface area contributed by atoms with Crippen LogP contribution < -0.4 is 0 Å². The van der Waals surface area contributed by atoms with Gasteiger partial charge in [0.15, 0.2) is 15.7 Å². The number of benzene rings is 2. The minimum absolute atomic E-state index is 0.208. The summed E-state index contributed by atoms with van der Waals surface area (Å²) in [7, 11) is -3.68. The average molecular weight is 493 g/mol. The van der Waals surface area contributed by atoms with Gasteiger partial charge in [0.25, 0.3) is 0 Å². The van der Waals surface area contributed by atoms with Gasteiger partial charge in [0.05, 0.1) is 11.5 Å². The van der Waals surface area contributed by atoms with E-state index in [0.29, 0.717) is 18.7 Å². The van der Waals surface area contributed by atoms with Crippen LogP contribution in [0.1, 0.15) is 25.3 Å². The van der Waals surface area contributed by atoms with Crippen molar-refractivity contribution in [1.29, 1.82) is 0 Å². The maximum atomic E-state index is 13.1. The molecule has 2 aliphatic heterocycles. The highest BCUT2D eigenvalue weighted by Crippen LogP contribution is 2.43. The standard InChI is InChI=1S/C21H21BrN2O5S/c1-2-28-20(25)18-12-13-21(14-30(26,27)17-6-4-3-5-7-17)24(18)19(23-29-21)15-8-10-16(22)11-9-15/h3-11,18H,2,12-14H2,1H3/t18-,21-/m0/s1. The predicted molar refractivity (Wildman–Crippen MR) is 114 cm³/mol. The van der Waals surface area contributed by atoms with Gasteiger partial charge < -0.3 is 9.57 Å². The van der Waals surface area contributed by atoms with E-state index in [2.05, 4.69) is 21.1 Å². The lowest BCUT2D eigenvalue weighted by atomic mass is 10.1. The number of ether oxygens (including phenoxy) is 1. The number of nitrogens with zero attached hydrogens (tertiary/aromatic N) is 2. The summed E-state index contributed by atoms with van der Waals surface area (Å²) in [5, 5.41) is 4.22. The molecule has 0 aliphatic carbocycles. The van der Waals surface area contributed by atoms with E-state index in [1.165, 1.54) is 0 Å². The molecule has 0 aromatic heterocycles. The highest BCUT2D eigenvalue weighted by molar-refractivity contribution is 9.10. The van der Waals surface area contributed by atoms with Gasteiger partial charge in [-0.05, 0) is 37.6 Å². The normalized spacial score (nSPS) is 22.9. The van der Waals surface area contributed by atoms with Crippen LogP contribution in [-0.4, -0.2) is 49.2 Å². The van der Waals surface area contributed by atoms with Gasteiger partial charge in [-0.25, -0.2) is 13.2 Å². The summed E-state index contributed by atoms with van der Waals surface area (Å²) >= 11 is 3.40. The van der Waals surface area contributed by atoms with Crippen molar-refractivity contribution in [3.8, 4) is 0 Å². The van der Waals surface area contributed by atoms with Gasteiger partial charge in [-0.1, -0.05) is 51.4 Å². The Labute approximate surface area is 183 Å². The molecule has 158 valence electrons. The van der Waals surface area contributed by atoms with Crippen molar-refractivity contribution in [1.82, 2.24) is 4.90 Å². The molecule has 1 fully saturated rings. The van der Waals surface area contributed by atoms with Gasteiger partial charge in [-0.2, -0.15) is 0 Å². The molecule has 0 unspecified atom stereocenters. The molecule has 0 radical (unpaired) electrons. The lowest BCUT2D eigenvalue weighted by Crippen LogP contribution is -2.53. The second kappa shape index (κ2) is 8.03. The van der Waals surface area contributed by atoms with Gasteiger partial charge in [-0.15, -0.1) is 0 Å². The molecule has 7 nitrogen and oxygen atoms in total. The minimum atomic E-state index is -3.68. The predicted octanol–water partition coefficient (Wildman–Crippen LogP) is 3.34. The van der Waals surface area contributed by atoms with E-state index in [9.17, 15) is 13.2 Å². The van der Waals surface area contributed by atoms with Crippen LogP contribution in [0.5, 0.6) is 0 Å². The minimum Gasteiger partial charge on any atom is -0.464 e. The monoisotopic (exact) mass is 492 g/mol. The largest absolute Gasteiger partial charge is 0.464 e. The van der Waals surface area contributed by atoms with E-state index in [1.807, 2.05) is 24.3 Å². The van der Waals surface area contributed by atoms with E-state index in [-0.39, 0.29) is 17.3 Å². The molecule has 0 amide bonds. The molecule has 0 bridgehead atoms. The Morgan fingerprint density at radius 3 is 2.60 bits per heavy atom. The number of hydrogen-bond donors (Lipinski definition) is 0. The number of sulfone groups is 1. The molecule has 0 N–H and O–H groups in total. The van der Waals surface area contributed by atoms with E-state index in [1.54, 1.807) is 42.2 Å². The number of carbonyl (C=O) groups excluding carboxylic acids is 1. The second-order valence-corrected chi connectivity index (χ2v) is 10.1. The van der Waals surface area contributed by atoms with E-state index < -0.39 is 27.6 Å². The molecule has 4 rings (SSSR count). The first-order chi connectivity index (χ1) is 14.4. The molecule has 2 aliphatic rings. The summed E-state index contributed by atoms with van der Waals surface area (Å²) in [4.78, 5) is 20.4. The third-order valence-corrected chi connectivity index (χ3v) is 7.62. The molecule has 2 heterocycles. The van der Waals surface area contributed by atoms with Crippen molar-refractivity contribution in [2.75, 3.05) is 12.4 Å². The van der Waals surface area contributed by atoms with Gasteiger partial charge in [0, 0.05) is 16.5 Å². The zero-order valence-electron chi connectivity index (χ0n) is 16.3. The number of hydrogen-bond acceptors (Lipinski definition) is 7. The molecule has 1 saturated heterocycles. The number of oxime groups is 1. The van der Waals surface area contributed by atoms with Gasteiger partial charge in [0.1, 0.15) is 11.8 Å². The maximum absolute atomic E-state index is 13.1. The number of halogens is 1. The van der Waals surface area contributed by atoms with Crippen LogP contribution in [0.3, 0.4) is 0 Å². The second-order valence-electron chi connectivity index (χ2n) is 7.21. The molecular weight excluding hydrogens is 472 g/mol. The SMILES string of the molecule is CCOC(=O)[C@@H]1CC[C@@]2(CS(=O)(=O)c3ccccc3)ON=C(c3ccc(Br)cc3)N12. The Morgan fingerprint density at radius 1 is 1.23 bits per heavy atom. The summed E-state index contributed by atoms with van der Waals surface area (Å²) in [6.07, 6.45) is 0.755. The Morgan fingerprint density at radius 2 is 1.93 bits per heavy atom. The van der Waals surface area contributed by atoms with Crippen LogP contribution in [0.15, 0.2) is 69.1 Å². The lowest BCUT2D eigenvalue weighted by molar-refractivity contribution is -0.150. The molecule has 2 aromatic carbocycles. The highest BCUT2D eigenvalue weighted by atomic mass is 79.9. The Hall–Kier alpha value is -2.39. The van der Waals surface area contributed by atoms with E-state index in [4.69, 9.17) is 9.57 Å². The fraction of sp³-hybridized carbons (Fsp3) is 0.333. The van der Waals surface area contributed by atoms with Crippen LogP contribution in [-0.2, 0) is 24.2 Å². The number of carbonyl (C=O) groups is 1. The van der Waals surface area contributed by atoms with Crippen molar-refractivity contribution in [3.63, 3.8) is 0 Å². The highest BCUT2D eigenvalue weighted by Gasteiger charge is 2.59. The maximum Gasteiger partial charge on any atom is 0.328 e. The van der Waals surface area contributed by atoms with E-state index in [0.717, 1.165) is 10.0 Å². The first kappa shape index (κ1) is 20.9. The molecule has 2 atom stereocenters. The number of rotatable bonds is 6. The number of amidine groups is 1.